The van der Waals surface area contributed by atoms with Crippen LogP contribution in [0.1, 0.15) is 46.5 Å². The second-order valence-corrected chi connectivity index (χ2v) is 17.3. The van der Waals surface area contributed by atoms with E-state index in [1.54, 1.807) is 6.92 Å². The summed E-state index contributed by atoms with van der Waals surface area (Å²) in [4.78, 5) is 52.4. The quantitative estimate of drug-likeness (QED) is 0.0378. The highest BCUT2D eigenvalue weighted by molar-refractivity contribution is 5.89. The molecular formula is C41H72N4O24. The largest absolute Gasteiger partial charge is 0.394 e. The number of nitrogens with zero attached hydrogens (tertiary/aromatic N) is 1. The molecule has 0 aromatic heterocycles. The number of hydrogen-bond donors (Lipinski definition) is 15. The molecule has 0 aromatic rings. The average Bonchev–Trinajstić information content (AvgIpc) is 3.32. The maximum atomic E-state index is 13.3. The van der Waals surface area contributed by atoms with Crippen LogP contribution in [0.3, 0.4) is 0 Å². The van der Waals surface area contributed by atoms with Crippen LogP contribution in [0.2, 0.25) is 0 Å². The van der Waals surface area contributed by atoms with Crippen LogP contribution in [-0.4, -0.2) is 272 Å². The van der Waals surface area contributed by atoms with E-state index in [1.165, 1.54) is 13.8 Å². The fourth-order valence-electron chi connectivity index (χ4n) is 7.90. The first kappa shape index (κ1) is 58.6. The Morgan fingerprint density at radius 3 is 1.52 bits per heavy atom. The van der Waals surface area contributed by atoms with Crippen molar-refractivity contribution in [1.82, 2.24) is 20.9 Å². The lowest BCUT2D eigenvalue weighted by Crippen LogP contribution is -2.63. The molecule has 0 unspecified atom stereocenters. The number of rotatable bonds is 25. The lowest BCUT2D eigenvalue weighted by molar-refractivity contribution is -0.359. The predicted molar refractivity (Wildman–Crippen MR) is 226 cm³/mol. The molecule has 15 N–H and O–H groups in total. The maximum absolute atomic E-state index is 13.3. The summed E-state index contributed by atoms with van der Waals surface area (Å²) in [6.45, 7) is 1.06. The van der Waals surface area contributed by atoms with Crippen molar-refractivity contribution < 1.29 is 118 Å². The van der Waals surface area contributed by atoms with Crippen LogP contribution < -0.4 is 16.0 Å². The van der Waals surface area contributed by atoms with E-state index < -0.39 is 173 Å². The van der Waals surface area contributed by atoms with Crippen molar-refractivity contribution in [3.63, 3.8) is 0 Å². The highest BCUT2D eigenvalue weighted by Crippen LogP contribution is 2.34. The van der Waals surface area contributed by atoms with Gasteiger partial charge in [0.2, 0.25) is 23.6 Å². The Bertz CT molecular complexity index is 1590. The minimum Gasteiger partial charge on any atom is -0.394 e. The van der Waals surface area contributed by atoms with E-state index in [1.807, 2.05) is 0 Å². The number of nitrogens with one attached hydrogen (secondary N) is 3. The van der Waals surface area contributed by atoms with E-state index in [9.17, 15) is 80.5 Å². The van der Waals surface area contributed by atoms with Gasteiger partial charge in [-0.2, -0.15) is 0 Å². The summed E-state index contributed by atoms with van der Waals surface area (Å²) >= 11 is 0. The molecule has 0 bridgehead atoms. The van der Waals surface area contributed by atoms with Gasteiger partial charge in [-0.05, 0) is 26.7 Å². The van der Waals surface area contributed by atoms with Crippen molar-refractivity contribution in [3.8, 4) is 0 Å². The molecule has 28 heteroatoms. The Kier molecular flexibility index (Phi) is 24.1. The number of ether oxygens (including phenoxy) is 8. The molecule has 69 heavy (non-hydrogen) atoms. The van der Waals surface area contributed by atoms with Crippen molar-refractivity contribution in [1.29, 1.82) is 0 Å². The molecule has 4 saturated heterocycles. The van der Waals surface area contributed by atoms with Gasteiger partial charge in [0.15, 0.2) is 25.2 Å². The zero-order valence-electron chi connectivity index (χ0n) is 38.7. The van der Waals surface area contributed by atoms with Gasteiger partial charge in [0.25, 0.3) is 0 Å². The maximum Gasteiger partial charge on any atom is 0.239 e. The fraction of sp³-hybridized carbons (Fsp3) is 0.902. The van der Waals surface area contributed by atoms with Crippen molar-refractivity contribution in [2.45, 2.75) is 163 Å². The Hall–Kier alpha value is -2.92. The van der Waals surface area contributed by atoms with Gasteiger partial charge in [-0.25, -0.2) is 0 Å². The van der Waals surface area contributed by atoms with E-state index in [0.717, 1.165) is 4.90 Å². The van der Waals surface area contributed by atoms with Crippen LogP contribution in [0.25, 0.3) is 0 Å². The summed E-state index contributed by atoms with van der Waals surface area (Å²) < 4.78 is 45.1. The number of carbonyl (C=O) groups is 4. The summed E-state index contributed by atoms with van der Waals surface area (Å²) in [7, 11) is 0. The van der Waals surface area contributed by atoms with Gasteiger partial charge >= 0.3 is 0 Å². The molecule has 0 spiro atoms. The second kappa shape index (κ2) is 28.4. The third kappa shape index (κ3) is 16.3. The Morgan fingerprint density at radius 1 is 0.522 bits per heavy atom. The molecule has 4 aliphatic rings. The molecule has 20 atom stereocenters. The van der Waals surface area contributed by atoms with Crippen LogP contribution in [-0.2, 0) is 57.1 Å². The standard InChI is InChI=1S/C41H72N4O24/c1-4-42-23(48)7-5-6-8-26(51)45(13-24(49)43-9-11-62-38-33(58)30(55)27(52)19(3)65-38)14-25(50)44-10-12-63-40-36(61)37(69-41-35(60)32(57)29(54)21(16-47)67-41)18(2)22(68-40)17-64-39-34(59)31(56)28(53)20(15-46)66-39/h18-22,27-41,46-47,52-61H,4-17H2,1-3H3,(H,42,48)(H,43,49)(H,44,50)/t18-,19+,20-,21-,22-,27-,28-,29-,30-,31+,32+,33+,34+,35+,36+,37+,38-,39+,40+,41-/m1/s1. The van der Waals surface area contributed by atoms with Crippen LogP contribution in [0.4, 0.5) is 0 Å². The molecule has 0 saturated carbocycles. The van der Waals surface area contributed by atoms with E-state index in [4.69, 9.17) is 37.9 Å². The third-order valence-electron chi connectivity index (χ3n) is 12.1. The third-order valence-corrected chi connectivity index (χ3v) is 12.1. The molecule has 4 fully saturated rings. The van der Waals surface area contributed by atoms with E-state index in [-0.39, 0.29) is 51.5 Å². The molecule has 400 valence electrons. The molecule has 0 radical (unpaired) electrons. The number of aliphatic hydroxyl groups excluding tert-OH is 12. The Balaban J connectivity index is 1.37. The van der Waals surface area contributed by atoms with Crippen molar-refractivity contribution in [2.24, 2.45) is 5.92 Å². The highest BCUT2D eigenvalue weighted by Gasteiger charge is 2.51. The van der Waals surface area contributed by atoms with E-state index in [2.05, 4.69) is 16.0 Å². The average molecular weight is 1010 g/mol. The minimum atomic E-state index is -1.87. The SMILES string of the molecule is CCNC(=O)CCCCC(=O)N(CC(=O)NCCO[C@@H]1O[C@@H](C)[C@@H](O)[C@@H](O)[C@@H]1O)CC(=O)NCCO[C@H]1O[C@H](CO[C@H]2O[C@H](CO)[C@@H](O)[C@H](O)[C@@H]2O)[C@@H](C)[C@H](O[C@H]2O[C@H](CO)[C@@H](O)[C@H](O)[C@@H]2O)[C@@H]1O. The zero-order chi connectivity index (χ0) is 51.1. The lowest BCUT2D eigenvalue weighted by atomic mass is 9.90. The smallest absolute Gasteiger partial charge is 0.239 e. The molecule has 0 aliphatic carbocycles. The Morgan fingerprint density at radius 2 is 0.986 bits per heavy atom. The summed E-state index contributed by atoms with van der Waals surface area (Å²) in [5.74, 6) is -3.12. The summed E-state index contributed by atoms with van der Waals surface area (Å²) in [6, 6.07) is 0. The van der Waals surface area contributed by atoms with Crippen molar-refractivity contribution >= 4 is 23.6 Å². The topological polar surface area (TPSA) is 424 Å². The number of aliphatic hydroxyl groups is 12. The minimum absolute atomic E-state index is 0.113. The number of hydrogen-bond acceptors (Lipinski definition) is 24. The summed E-state index contributed by atoms with van der Waals surface area (Å²) in [5, 5.41) is 131. The Labute approximate surface area is 397 Å². The first-order chi connectivity index (χ1) is 32.7. The van der Waals surface area contributed by atoms with Crippen LogP contribution >= 0.6 is 0 Å². The zero-order valence-corrected chi connectivity index (χ0v) is 38.7. The fourth-order valence-corrected chi connectivity index (χ4v) is 7.90. The monoisotopic (exact) mass is 1000 g/mol. The highest BCUT2D eigenvalue weighted by atomic mass is 16.7. The van der Waals surface area contributed by atoms with Gasteiger partial charge in [-0.15, -0.1) is 0 Å². The first-order valence-corrected chi connectivity index (χ1v) is 23.0. The van der Waals surface area contributed by atoms with Gasteiger partial charge in [-0.1, -0.05) is 6.92 Å². The molecule has 4 aliphatic heterocycles. The molecule has 0 aromatic carbocycles. The number of carbonyl (C=O) groups excluding carboxylic acids is 4. The van der Waals surface area contributed by atoms with Gasteiger partial charge in [0.1, 0.15) is 86.3 Å². The van der Waals surface area contributed by atoms with Crippen molar-refractivity contribution in [2.75, 3.05) is 65.8 Å². The van der Waals surface area contributed by atoms with Gasteiger partial charge < -0.3 is 120 Å². The van der Waals surface area contributed by atoms with Crippen molar-refractivity contribution in [3.05, 3.63) is 0 Å². The second-order valence-electron chi connectivity index (χ2n) is 17.3. The first-order valence-electron chi connectivity index (χ1n) is 23.0. The summed E-state index contributed by atoms with van der Waals surface area (Å²) in [5.41, 5.74) is 0. The number of unbranched alkanes of at least 4 members (excludes halogenated alkanes) is 1. The van der Waals surface area contributed by atoms with E-state index >= 15 is 0 Å². The molecule has 4 amide bonds. The summed E-state index contributed by atoms with van der Waals surface area (Å²) in [6.07, 6.45) is -28.3. The van der Waals surface area contributed by atoms with E-state index in [0.29, 0.717) is 13.0 Å². The van der Waals surface area contributed by atoms with Crippen LogP contribution in [0.5, 0.6) is 0 Å². The van der Waals surface area contributed by atoms with Crippen LogP contribution in [0, 0.1) is 5.92 Å². The molecule has 4 heterocycles. The van der Waals surface area contributed by atoms with Gasteiger partial charge in [0, 0.05) is 38.4 Å². The molecule has 28 nitrogen and oxygen atoms in total. The predicted octanol–water partition coefficient (Wildman–Crippen LogP) is -8.67. The lowest BCUT2D eigenvalue weighted by Gasteiger charge is -2.47. The van der Waals surface area contributed by atoms with Gasteiger partial charge in [-0.3, -0.25) is 19.2 Å². The number of amides is 4. The molecular weight excluding hydrogens is 932 g/mol. The normalized spacial score (nSPS) is 38.2. The van der Waals surface area contributed by atoms with Gasteiger partial charge in [0.05, 0.1) is 51.3 Å². The molecule has 4 rings (SSSR count). The van der Waals surface area contributed by atoms with Crippen LogP contribution in [0.15, 0.2) is 0 Å².